The molecule has 0 saturated carbocycles. The molecule has 1 unspecified atom stereocenters. The predicted molar refractivity (Wildman–Crippen MR) is 97.9 cm³/mol. The molecule has 0 aromatic heterocycles. The van der Waals surface area contributed by atoms with Gasteiger partial charge in [-0.3, -0.25) is 9.53 Å². The van der Waals surface area contributed by atoms with Crippen LogP contribution in [0.2, 0.25) is 0 Å². The van der Waals surface area contributed by atoms with E-state index >= 15 is 0 Å². The molecule has 5 nitrogen and oxygen atoms in total. The van der Waals surface area contributed by atoms with Crippen molar-refractivity contribution in [3.8, 4) is 0 Å². The molecule has 2 aromatic rings. The van der Waals surface area contributed by atoms with Crippen LogP contribution in [-0.2, 0) is 22.1 Å². The van der Waals surface area contributed by atoms with Gasteiger partial charge in [0.2, 0.25) is 0 Å². The summed E-state index contributed by atoms with van der Waals surface area (Å²) in [5.41, 5.74) is 3.69. The van der Waals surface area contributed by atoms with Crippen LogP contribution in [0, 0.1) is 6.92 Å². The van der Waals surface area contributed by atoms with Crippen LogP contribution in [-0.4, -0.2) is 23.2 Å². The Bertz CT molecular complexity index is 730. The van der Waals surface area contributed by atoms with Crippen LogP contribution in [0.1, 0.15) is 18.1 Å². The summed E-state index contributed by atoms with van der Waals surface area (Å²) in [5.74, 6) is 0. The Morgan fingerprint density at radius 3 is 2.42 bits per heavy atom. The molecule has 0 bridgehead atoms. The lowest BCUT2D eigenvalue weighted by molar-refractivity contribution is 0.168. The maximum absolute atomic E-state index is 11.6. The summed E-state index contributed by atoms with van der Waals surface area (Å²) >= 11 is 0. The standard InChI is InChI=1S/C18H22N2O3S/c1-4-23-18(21)20-17-7-5-6-16(13(17)2)19-12-14-8-10-15(11-9-14)24(3)22/h5-11,19H,4,12H2,1-3H3,(H,20,21). The number of hydrogen-bond acceptors (Lipinski definition) is 4. The number of benzene rings is 2. The SMILES string of the molecule is CCOC(=O)Nc1cccc(NCc2ccc(S(C)=O)cc2)c1C. The lowest BCUT2D eigenvalue weighted by Gasteiger charge is -2.14. The summed E-state index contributed by atoms with van der Waals surface area (Å²) in [6.07, 6.45) is 1.21. The molecule has 1 atom stereocenters. The molecule has 1 amide bonds. The molecule has 128 valence electrons. The van der Waals surface area contributed by atoms with Gasteiger partial charge < -0.3 is 10.1 Å². The van der Waals surface area contributed by atoms with Crippen molar-refractivity contribution in [2.75, 3.05) is 23.5 Å². The molecule has 2 aromatic carbocycles. The number of anilines is 2. The summed E-state index contributed by atoms with van der Waals surface area (Å²) in [4.78, 5) is 12.4. The van der Waals surface area contributed by atoms with E-state index in [1.165, 1.54) is 0 Å². The Morgan fingerprint density at radius 1 is 1.12 bits per heavy atom. The average molecular weight is 346 g/mol. The van der Waals surface area contributed by atoms with Crippen LogP contribution in [0.3, 0.4) is 0 Å². The number of amides is 1. The fourth-order valence-electron chi connectivity index (χ4n) is 2.24. The van der Waals surface area contributed by atoms with E-state index in [0.717, 1.165) is 27.4 Å². The van der Waals surface area contributed by atoms with Gasteiger partial charge in [-0.1, -0.05) is 18.2 Å². The van der Waals surface area contributed by atoms with Gasteiger partial charge in [-0.15, -0.1) is 0 Å². The highest BCUT2D eigenvalue weighted by Crippen LogP contribution is 2.24. The van der Waals surface area contributed by atoms with E-state index in [1.54, 1.807) is 13.2 Å². The van der Waals surface area contributed by atoms with E-state index < -0.39 is 16.9 Å². The van der Waals surface area contributed by atoms with Gasteiger partial charge in [0.05, 0.1) is 6.61 Å². The van der Waals surface area contributed by atoms with Crippen LogP contribution < -0.4 is 10.6 Å². The highest BCUT2D eigenvalue weighted by Gasteiger charge is 2.08. The first-order chi connectivity index (χ1) is 11.5. The molecule has 0 saturated heterocycles. The van der Waals surface area contributed by atoms with Crippen molar-refractivity contribution < 1.29 is 13.7 Å². The minimum atomic E-state index is -0.964. The first-order valence-electron chi connectivity index (χ1n) is 7.71. The molecule has 0 spiro atoms. The molecule has 6 heteroatoms. The van der Waals surface area contributed by atoms with E-state index in [1.807, 2.05) is 49.4 Å². The quantitative estimate of drug-likeness (QED) is 0.832. The smallest absolute Gasteiger partial charge is 0.411 e. The summed E-state index contributed by atoms with van der Waals surface area (Å²) in [7, 11) is -0.964. The van der Waals surface area contributed by atoms with E-state index in [4.69, 9.17) is 4.74 Å². The fourth-order valence-corrected chi connectivity index (χ4v) is 2.76. The zero-order chi connectivity index (χ0) is 17.5. The lowest BCUT2D eigenvalue weighted by atomic mass is 10.1. The van der Waals surface area contributed by atoms with Crippen LogP contribution in [0.15, 0.2) is 47.4 Å². The molecule has 0 heterocycles. The number of rotatable bonds is 6. The van der Waals surface area contributed by atoms with Crippen LogP contribution in [0.4, 0.5) is 16.2 Å². The Morgan fingerprint density at radius 2 is 1.79 bits per heavy atom. The predicted octanol–water partition coefficient (Wildman–Crippen LogP) is 3.91. The first-order valence-corrected chi connectivity index (χ1v) is 9.26. The third kappa shape index (κ3) is 4.83. The third-order valence-corrected chi connectivity index (χ3v) is 4.52. The van der Waals surface area contributed by atoms with Crippen molar-refractivity contribution in [1.82, 2.24) is 0 Å². The number of carbonyl (C=O) groups is 1. The van der Waals surface area contributed by atoms with Gasteiger partial charge >= 0.3 is 6.09 Å². The number of carbonyl (C=O) groups excluding carboxylic acids is 1. The molecule has 2 N–H and O–H groups in total. The van der Waals surface area contributed by atoms with Crippen molar-refractivity contribution in [2.45, 2.75) is 25.3 Å². The molecule has 0 aliphatic rings. The molecule has 24 heavy (non-hydrogen) atoms. The van der Waals surface area contributed by atoms with Crippen molar-refractivity contribution >= 4 is 28.3 Å². The first kappa shape index (κ1) is 18.0. The molecule has 0 aliphatic heterocycles. The van der Waals surface area contributed by atoms with Gasteiger partial charge in [0.25, 0.3) is 0 Å². The number of nitrogens with one attached hydrogen (secondary N) is 2. The van der Waals surface area contributed by atoms with Crippen molar-refractivity contribution in [2.24, 2.45) is 0 Å². The van der Waals surface area contributed by atoms with Gasteiger partial charge in [0.15, 0.2) is 0 Å². The zero-order valence-corrected chi connectivity index (χ0v) is 14.9. The van der Waals surface area contributed by atoms with Crippen LogP contribution in [0.25, 0.3) is 0 Å². The zero-order valence-electron chi connectivity index (χ0n) is 14.1. The van der Waals surface area contributed by atoms with Crippen LogP contribution in [0.5, 0.6) is 0 Å². The van der Waals surface area contributed by atoms with E-state index in [-0.39, 0.29) is 0 Å². The second kappa shape index (κ2) is 8.49. The molecule has 0 fully saturated rings. The van der Waals surface area contributed by atoms with Gasteiger partial charge in [0.1, 0.15) is 0 Å². The lowest BCUT2D eigenvalue weighted by Crippen LogP contribution is -2.14. The topological polar surface area (TPSA) is 67.4 Å². The Balaban J connectivity index is 2.04. The molecule has 0 radical (unpaired) electrons. The third-order valence-electron chi connectivity index (χ3n) is 3.58. The molecular formula is C18H22N2O3S. The second-order valence-electron chi connectivity index (χ2n) is 5.28. The highest BCUT2D eigenvalue weighted by atomic mass is 32.2. The monoisotopic (exact) mass is 346 g/mol. The van der Waals surface area contributed by atoms with E-state index in [9.17, 15) is 9.00 Å². The average Bonchev–Trinajstić information content (AvgIpc) is 2.56. The summed E-state index contributed by atoms with van der Waals surface area (Å²) in [6.45, 7) is 4.68. The Labute approximate surface area is 144 Å². The van der Waals surface area contributed by atoms with Crippen molar-refractivity contribution in [3.05, 3.63) is 53.6 Å². The van der Waals surface area contributed by atoms with Gasteiger partial charge in [0, 0.05) is 39.9 Å². The van der Waals surface area contributed by atoms with Gasteiger partial charge in [-0.2, -0.15) is 0 Å². The van der Waals surface area contributed by atoms with Gasteiger partial charge in [-0.25, -0.2) is 4.79 Å². The minimum absolute atomic E-state index is 0.335. The number of hydrogen-bond donors (Lipinski definition) is 2. The minimum Gasteiger partial charge on any atom is -0.450 e. The van der Waals surface area contributed by atoms with E-state index in [0.29, 0.717) is 13.2 Å². The maximum Gasteiger partial charge on any atom is 0.411 e. The normalized spacial score (nSPS) is 11.6. The summed E-state index contributed by atoms with van der Waals surface area (Å²) < 4.78 is 16.3. The maximum atomic E-state index is 11.6. The highest BCUT2D eigenvalue weighted by molar-refractivity contribution is 7.84. The fraction of sp³-hybridized carbons (Fsp3) is 0.278. The Kier molecular flexibility index (Phi) is 6.37. The molecular weight excluding hydrogens is 324 g/mol. The molecule has 2 rings (SSSR count). The largest absolute Gasteiger partial charge is 0.450 e. The summed E-state index contributed by atoms with van der Waals surface area (Å²) in [5, 5.41) is 6.09. The van der Waals surface area contributed by atoms with E-state index in [2.05, 4.69) is 10.6 Å². The van der Waals surface area contributed by atoms with Gasteiger partial charge in [-0.05, 0) is 49.2 Å². The second-order valence-corrected chi connectivity index (χ2v) is 6.65. The Hall–Kier alpha value is -2.34. The van der Waals surface area contributed by atoms with Crippen LogP contribution >= 0.6 is 0 Å². The van der Waals surface area contributed by atoms with Crippen molar-refractivity contribution in [3.63, 3.8) is 0 Å². The summed E-state index contributed by atoms with van der Waals surface area (Å²) in [6, 6.07) is 13.3. The molecule has 0 aliphatic carbocycles. The number of ether oxygens (including phenoxy) is 1. The van der Waals surface area contributed by atoms with Crippen molar-refractivity contribution in [1.29, 1.82) is 0 Å².